The summed E-state index contributed by atoms with van der Waals surface area (Å²) in [4.78, 5) is 5.25. The summed E-state index contributed by atoms with van der Waals surface area (Å²) in [5.41, 5.74) is 2.36. The molecule has 3 aromatic rings. The van der Waals surface area contributed by atoms with Gasteiger partial charge in [0.15, 0.2) is 0 Å². The lowest BCUT2D eigenvalue weighted by Gasteiger charge is -2.18. The lowest BCUT2D eigenvalue weighted by molar-refractivity contribution is 1.11. The van der Waals surface area contributed by atoms with Crippen LogP contribution in [0, 0.1) is 0 Å². The van der Waals surface area contributed by atoms with E-state index in [2.05, 4.69) is 23.2 Å². The number of benzene rings is 2. The van der Waals surface area contributed by atoms with E-state index in [1.54, 1.807) is 24.0 Å². The summed E-state index contributed by atoms with van der Waals surface area (Å²) in [5.74, 6) is 0. The summed E-state index contributed by atoms with van der Waals surface area (Å²) in [7, 11) is 0. The Kier molecular flexibility index (Phi) is 5.04. The van der Waals surface area contributed by atoms with Crippen molar-refractivity contribution in [3.05, 3.63) is 94.2 Å². The lowest BCUT2D eigenvalue weighted by atomic mass is 10.1. The third-order valence-corrected chi connectivity index (χ3v) is 5.28. The minimum absolute atomic E-state index is 0.133. The molecule has 1 heterocycles. The van der Waals surface area contributed by atoms with Crippen LogP contribution in [0.4, 0.5) is 0 Å². The van der Waals surface area contributed by atoms with Crippen molar-refractivity contribution in [3.63, 3.8) is 0 Å². The van der Waals surface area contributed by atoms with Gasteiger partial charge in [0.1, 0.15) is 0 Å². The van der Waals surface area contributed by atoms with Crippen LogP contribution >= 0.6 is 35.0 Å². The molecule has 3 rings (SSSR count). The van der Waals surface area contributed by atoms with E-state index in [1.807, 2.05) is 42.6 Å². The van der Waals surface area contributed by atoms with Crippen LogP contribution in [0.5, 0.6) is 0 Å². The van der Waals surface area contributed by atoms with Crippen molar-refractivity contribution in [1.29, 1.82) is 0 Å². The molecule has 0 bridgehead atoms. The largest absolute Gasteiger partial charge is 0.264 e. The van der Waals surface area contributed by atoms with E-state index < -0.39 is 0 Å². The van der Waals surface area contributed by atoms with Gasteiger partial charge in [0.2, 0.25) is 0 Å². The number of thioether (sulfide) groups is 1. The minimum atomic E-state index is 0.133. The second-order valence-electron chi connectivity index (χ2n) is 4.77. The van der Waals surface area contributed by atoms with Crippen molar-refractivity contribution in [2.24, 2.45) is 0 Å². The van der Waals surface area contributed by atoms with Crippen LogP contribution in [-0.4, -0.2) is 4.98 Å². The fourth-order valence-corrected chi connectivity index (χ4v) is 3.87. The van der Waals surface area contributed by atoms with Crippen molar-refractivity contribution >= 4 is 35.0 Å². The second kappa shape index (κ2) is 7.19. The van der Waals surface area contributed by atoms with Gasteiger partial charge >= 0.3 is 0 Å². The molecule has 0 fully saturated rings. The number of aromatic nitrogens is 1. The maximum absolute atomic E-state index is 6.33. The molecular formula is C18H13Cl2NS. The number of halogens is 2. The van der Waals surface area contributed by atoms with E-state index in [4.69, 9.17) is 23.2 Å². The Balaban J connectivity index is 1.99. The van der Waals surface area contributed by atoms with E-state index in [9.17, 15) is 0 Å². The topological polar surface area (TPSA) is 12.9 Å². The van der Waals surface area contributed by atoms with Crippen LogP contribution in [0.15, 0.2) is 78.0 Å². The van der Waals surface area contributed by atoms with Crippen LogP contribution in [0.1, 0.15) is 16.4 Å². The van der Waals surface area contributed by atoms with Crippen LogP contribution in [0.2, 0.25) is 10.0 Å². The summed E-state index contributed by atoms with van der Waals surface area (Å²) in [6.07, 6.45) is 3.68. The summed E-state index contributed by atoms with van der Waals surface area (Å²) in [5, 5.41) is 1.45. The molecule has 0 saturated carbocycles. The molecule has 0 radical (unpaired) electrons. The van der Waals surface area contributed by atoms with Gasteiger partial charge in [-0.1, -0.05) is 59.6 Å². The van der Waals surface area contributed by atoms with Crippen LogP contribution in [-0.2, 0) is 0 Å². The Morgan fingerprint density at radius 3 is 2.32 bits per heavy atom. The average Bonchev–Trinajstić information content (AvgIpc) is 2.56. The predicted molar refractivity (Wildman–Crippen MR) is 94.8 cm³/mol. The molecule has 22 heavy (non-hydrogen) atoms. The molecule has 0 amide bonds. The molecular weight excluding hydrogens is 333 g/mol. The Morgan fingerprint density at radius 2 is 1.64 bits per heavy atom. The van der Waals surface area contributed by atoms with Crippen molar-refractivity contribution in [3.8, 4) is 0 Å². The highest BCUT2D eigenvalue weighted by Crippen LogP contribution is 2.43. The zero-order valence-electron chi connectivity index (χ0n) is 11.6. The van der Waals surface area contributed by atoms with Gasteiger partial charge in [-0.15, -0.1) is 11.8 Å². The normalized spacial score (nSPS) is 12.1. The summed E-state index contributed by atoms with van der Waals surface area (Å²) >= 11 is 14.0. The van der Waals surface area contributed by atoms with E-state index in [0.717, 1.165) is 10.5 Å². The highest BCUT2D eigenvalue weighted by atomic mass is 35.5. The van der Waals surface area contributed by atoms with Gasteiger partial charge < -0.3 is 0 Å². The standard InChI is InChI=1S/C18H13Cl2NS/c19-15-8-9-17(16(20)11-15)22-18(13-5-2-1-3-6-13)14-7-4-10-21-12-14/h1-12,18H. The predicted octanol–water partition coefficient (Wildman–Crippen LogP) is 6.27. The second-order valence-corrected chi connectivity index (χ2v) is 6.76. The summed E-state index contributed by atoms with van der Waals surface area (Å²) < 4.78 is 0. The Bertz CT molecular complexity index is 708. The molecule has 1 unspecified atom stereocenters. The molecule has 4 heteroatoms. The van der Waals surface area contributed by atoms with Crippen molar-refractivity contribution < 1.29 is 0 Å². The molecule has 110 valence electrons. The third kappa shape index (κ3) is 3.64. The fourth-order valence-electron chi connectivity index (χ4n) is 2.19. The van der Waals surface area contributed by atoms with Crippen LogP contribution in [0.25, 0.3) is 0 Å². The smallest absolute Gasteiger partial charge is 0.0609 e. The number of rotatable bonds is 4. The molecule has 1 atom stereocenters. The maximum Gasteiger partial charge on any atom is 0.0609 e. The SMILES string of the molecule is Clc1ccc(SC(c2ccccc2)c2cccnc2)c(Cl)c1. The molecule has 0 spiro atoms. The van der Waals surface area contributed by atoms with Gasteiger partial charge in [-0.05, 0) is 35.4 Å². The zero-order chi connectivity index (χ0) is 15.4. The Labute approximate surface area is 144 Å². The van der Waals surface area contributed by atoms with E-state index in [-0.39, 0.29) is 5.25 Å². The Morgan fingerprint density at radius 1 is 0.864 bits per heavy atom. The molecule has 2 aromatic carbocycles. The molecule has 1 nitrogen and oxygen atoms in total. The number of pyridine rings is 1. The fraction of sp³-hybridized carbons (Fsp3) is 0.0556. The molecule has 0 aliphatic rings. The first kappa shape index (κ1) is 15.4. The molecule has 0 N–H and O–H groups in total. The number of hydrogen-bond acceptors (Lipinski definition) is 2. The quantitative estimate of drug-likeness (QED) is 0.516. The van der Waals surface area contributed by atoms with Gasteiger partial charge in [-0.25, -0.2) is 0 Å². The third-order valence-electron chi connectivity index (χ3n) is 3.23. The molecule has 0 saturated heterocycles. The number of nitrogens with zero attached hydrogens (tertiary/aromatic N) is 1. The molecule has 1 aromatic heterocycles. The van der Waals surface area contributed by atoms with Crippen molar-refractivity contribution in [2.75, 3.05) is 0 Å². The van der Waals surface area contributed by atoms with Gasteiger partial charge in [-0.2, -0.15) is 0 Å². The summed E-state index contributed by atoms with van der Waals surface area (Å²) in [6.45, 7) is 0. The van der Waals surface area contributed by atoms with Gasteiger partial charge in [0, 0.05) is 22.3 Å². The molecule has 0 aliphatic heterocycles. The maximum atomic E-state index is 6.33. The van der Waals surface area contributed by atoms with Crippen LogP contribution < -0.4 is 0 Å². The Hall–Kier alpha value is -1.48. The monoisotopic (exact) mass is 345 g/mol. The number of hydrogen-bond donors (Lipinski definition) is 0. The first-order valence-electron chi connectivity index (χ1n) is 6.80. The van der Waals surface area contributed by atoms with Crippen LogP contribution in [0.3, 0.4) is 0 Å². The summed E-state index contributed by atoms with van der Waals surface area (Å²) in [6, 6.07) is 20.0. The highest BCUT2D eigenvalue weighted by molar-refractivity contribution is 7.99. The molecule has 0 aliphatic carbocycles. The van der Waals surface area contributed by atoms with Gasteiger partial charge in [-0.3, -0.25) is 4.98 Å². The first-order valence-corrected chi connectivity index (χ1v) is 8.44. The lowest BCUT2D eigenvalue weighted by Crippen LogP contribution is -1.97. The van der Waals surface area contributed by atoms with Crippen molar-refractivity contribution in [1.82, 2.24) is 4.98 Å². The van der Waals surface area contributed by atoms with Gasteiger partial charge in [0.25, 0.3) is 0 Å². The first-order chi connectivity index (χ1) is 10.7. The van der Waals surface area contributed by atoms with E-state index >= 15 is 0 Å². The highest BCUT2D eigenvalue weighted by Gasteiger charge is 2.17. The van der Waals surface area contributed by atoms with Crippen molar-refractivity contribution in [2.45, 2.75) is 10.1 Å². The van der Waals surface area contributed by atoms with E-state index in [0.29, 0.717) is 10.0 Å². The average molecular weight is 346 g/mol. The zero-order valence-corrected chi connectivity index (χ0v) is 13.9. The van der Waals surface area contributed by atoms with E-state index in [1.165, 1.54) is 5.56 Å². The van der Waals surface area contributed by atoms with Gasteiger partial charge in [0.05, 0.1) is 10.3 Å². The minimum Gasteiger partial charge on any atom is -0.264 e.